The molecule has 64 valence electrons. The number of nitro groups is 1. The first kappa shape index (κ1) is 9.17. The van der Waals surface area contributed by atoms with Gasteiger partial charge in [-0.15, -0.1) is 0 Å². The van der Waals surface area contributed by atoms with Gasteiger partial charge in [0.25, 0.3) is 5.69 Å². The number of methoxy groups -OCH3 is 1. The van der Waals surface area contributed by atoms with Gasteiger partial charge < -0.3 is 4.74 Å². The number of ether oxygens (including phenoxy) is 1. The lowest BCUT2D eigenvalue weighted by molar-refractivity contribution is -0.385. The molecule has 0 bridgehead atoms. The van der Waals surface area contributed by atoms with E-state index in [0.717, 1.165) is 0 Å². The Balaban J connectivity index is 3.13. The van der Waals surface area contributed by atoms with Crippen molar-refractivity contribution in [1.29, 1.82) is 0 Å². The SMILES string of the molecule is COc1cc([N+](=O)[O-])cnc1I. The topological polar surface area (TPSA) is 65.3 Å². The summed E-state index contributed by atoms with van der Waals surface area (Å²) in [5, 5.41) is 10.3. The molecule has 5 nitrogen and oxygen atoms in total. The molecule has 0 N–H and O–H groups in total. The first-order chi connectivity index (χ1) is 5.65. The Morgan fingerprint density at radius 1 is 1.75 bits per heavy atom. The van der Waals surface area contributed by atoms with Gasteiger partial charge in [-0.25, -0.2) is 4.98 Å². The van der Waals surface area contributed by atoms with E-state index in [9.17, 15) is 10.1 Å². The minimum absolute atomic E-state index is 0.0627. The van der Waals surface area contributed by atoms with E-state index in [4.69, 9.17) is 4.74 Å². The van der Waals surface area contributed by atoms with Crippen molar-refractivity contribution >= 4 is 28.3 Å². The highest BCUT2D eigenvalue weighted by Crippen LogP contribution is 2.22. The van der Waals surface area contributed by atoms with Gasteiger partial charge in [-0.05, 0) is 22.6 Å². The van der Waals surface area contributed by atoms with Crippen LogP contribution in [0.15, 0.2) is 12.3 Å². The van der Waals surface area contributed by atoms with Crippen molar-refractivity contribution in [3.05, 3.63) is 26.1 Å². The summed E-state index contributed by atoms with van der Waals surface area (Å²) >= 11 is 1.94. The number of hydrogen-bond donors (Lipinski definition) is 0. The lowest BCUT2D eigenvalue weighted by Gasteiger charge is -2.00. The Labute approximate surface area is 82.0 Å². The molecule has 0 aliphatic rings. The van der Waals surface area contributed by atoms with E-state index in [-0.39, 0.29) is 5.69 Å². The van der Waals surface area contributed by atoms with Crippen LogP contribution < -0.4 is 4.74 Å². The zero-order chi connectivity index (χ0) is 9.14. The molecule has 0 aliphatic carbocycles. The molecule has 1 aromatic heterocycles. The molecule has 0 fully saturated rings. The Bertz CT molecular complexity index is 316. The molecule has 0 aromatic carbocycles. The standard InChI is InChI=1S/C6H5IN2O3/c1-12-5-2-4(9(10)11)3-8-6(5)7/h2-3H,1H3. The summed E-state index contributed by atoms with van der Waals surface area (Å²) in [6, 6.07) is 1.34. The number of aromatic nitrogens is 1. The number of pyridine rings is 1. The van der Waals surface area contributed by atoms with Crippen molar-refractivity contribution in [2.75, 3.05) is 7.11 Å². The maximum absolute atomic E-state index is 10.3. The molecule has 1 aromatic rings. The van der Waals surface area contributed by atoms with Crippen molar-refractivity contribution in [2.45, 2.75) is 0 Å². The predicted octanol–water partition coefficient (Wildman–Crippen LogP) is 1.60. The average molecular weight is 280 g/mol. The van der Waals surface area contributed by atoms with E-state index in [1.807, 2.05) is 22.6 Å². The molecule has 0 aliphatic heterocycles. The lowest BCUT2D eigenvalue weighted by atomic mass is 10.4. The third-order valence-corrected chi connectivity index (χ3v) is 2.03. The Morgan fingerprint density at radius 3 is 2.92 bits per heavy atom. The van der Waals surface area contributed by atoms with Gasteiger partial charge in [0.15, 0.2) is 5.75 Å². The van der Waals surface area contributed by atoms with Crippen LogP contribution in [0.25, 0.3) is 0 Å². The number of rotatable bonds is 2. The van der Waals surface area contributed by atoms with Crippen LogP contribution in [0.3, 0.4) is 0 Å². The Morgan fingerprint density at radius 2 is 2.42 bits per heavy atom. The molecule has 1 heterocycles. The fourth-order valence-corrected chi connectivity index (χ4v) is 1.18. The quantitative estimate of drug-likeness (QED) is 0.357. The lowest BCUT2D eigenvalue weighted by Crippen LogP contribution is -1.94. The molecular formula is C6H5IN2O3. The highest BCUT2D eigenvalue weighted by Gasteiger charge is 2.10. The minimum Gasteiger partial charge on any atom is -0.494 e. The van der Waals surface area contributed by atoms with E-state index in [2.05, 4.69) is 4.98 Å². The van der Waals surface area contributed by atoms with Gasteiger partial charge in [0.2, 0.25) is 0 Å². The van der Waals surface area contributed by atoms with Crippen LogP contribution in [0, 0.1) is 13.8 Å². The molecule has 0 radical (unpaired) electrons. The van der Waals surface area contributed by atoms with E-state index in [1.165, 1.54) is 19.4 Å². The van der Waals surface area contributed by atoms with Crippen molar-refractivity contribution in [3.8, 4) is 5.75 Å². The molecule has 0 spiro atoms. The van der Waals surface area contributed by atoms with E-state index >= 15 is 0 Å². The van der Waals surface area contributed by atoms with Crippen molar-refractivity contribution in [2.24, 2.45) is 0 Å². The Hall–Kier alpha value is -0.920. The van der Waals surface area contributed by atoms with Gasteiger partial charge >= 0.3 is 0 Å². The summed E-state index contributed by atoms with van der Waals surface area (Å²) in [6.07, 6.45) is 1.20. The second-order valence-corrected chi connectivity index (χ2v) is 2.97. The first-order valence-corrected chi connectivity index (χ1v) is 4.07. The van der Waals surface area contributed by atoms with E-state index in [1.54, 1.807) is 0 Å². The molecule has 0 atom stereocenters. The van der Waals surface area contributed by atoms with Gasteiger partial charge in [0, 0.05) is 0 Å². The van der Waals surface area contributed by atoms with Gasteiger partial charge in [-0.2, -0.15) is 0 Å². The van der Waals surface area contributed by atoms with E-state index < -0.39 is 4.92 Å². The fraction of sp³-hybridized carbons (Fsp3) is 0.167. The van der Waals surface area contributed by atoms with Crippen LogP contribution in [-0.4, -0.2) is 17.0 Å². The third-order valence-electron chi connectivity index (χ3n) is 1.22. The van der Waals surface area contributed by atoms with Gasteiger partial charge in [-0.1, -0.05) is 0 Å². The second-order valence-electron chi connectivity index (χ2n) is 1.94. The van der Waals surface area contributed by atoms with Crippen LogP contribution in [-0.2, 0) is 0 Å². The van der Waals surface area contributed by atoms with Crippen LogP contribution in [0.1, 0.15) is 0 Å². The molecule has 0 amide bonds. The summed E-state index contributed by atoms with van der Waals surface area (Å²) in [5.74, 6) is 0.421. The van der Waals surface area contributed by atoms with Gasteiger partial charge in [-0.3, -0.25) is 10.1 Å². The molecular weight excluding hydrogens is 275 g/mol. The van der Waals surface area contributed by atoms with Crippen molar-refractivity contribution in [1.82, 2.24) is 4.98 Å². The normalized spacial score (nSPS) is 9.50. The van der Waals surface area contributed by atoms with Crippen LogP contribution in [0.5, 0.6) is 5.75 Å². The third kappa shape index (κ3) is 1.81. The number of halogens is 1. The zero-order valence-electron chi connectivity index (χ0n) is 6.15. The number of hydrogen-bond acceptors (Lipinski definition) is 4. The second kappa shape index (κ2) is 3.65. The minimum atomic E-state index is -0.508. The monoisotopic (exact) mass is 280 g/mol. The highest BCUT2D eigenvalue weighted by atomic mass is 127. The summed E-state index contributed by atoms with van der Waals surface area (Å²) in [5.41, 5.74) is -0.0627. The first-order valence-electron chi connectivity index (χ1n) is 2.99. The maximum atomic E-state index is 10.3. The zero-order valence-corrected chi connectivity index (χ0v) is 8.31. The van der Waals surface area contributed by atoms with Crippen molar-refractivity contribution in [3.63, 3.8) is 0 Å². The predicted molar refractivity (Wildman–Crippen MR) is 50.2 cm³/mol. The maximum Gasteiger partial charge on any atom is 0.291 e. The smallest absolute Gasteiger partial charge is 0.291 e. The Kier molecular flexibility index (Phi) is 2.79. The van der Waals surface area contributed by atoms with Crippen LogP contribution in [0.4, 0.5) is 5.69 Å². The van der Waals surface area contributed by atoms with Gasteiger partial charge in [0.05, 0.1) is 18.1 Å². The van der Waals surface area contributed by atoms with Gasteiger partial charge in [0.1, 0.15) is 9.90 Å². The molecule has 0 unspecified atom stereocenters. The summed E-state index contributed by atoms with van der Waals surface area (Å²) in [7, 11) is 1.45. The van der Waals surface area contributed by atoms with Crippen LogP contribution >= 0.6 is 22.6 Å². The van der Waals surface area contributed by atoms with Crippen LogP contribution in [0.2, 0.25) is 0 Å². The van der Waals surface area contributed by atoms with E-state index in [0.29, 0.717) is 9.45 Å². The summed E-state index contributed by atoms with van der Waals surface area (Å²) < 4.78 is 5.47. The summed E-state index contributed by atoms with van der Waals surface area (Å²) in [6.45, 7) is 0. The molecule has 12 heavy (non-hydrogen) atoms. The molecule has 0 saturated carbocycles. The molecule has 0 saturated heterocycles. The molecule has 1 rings (SSSR count). The largest absolute Gasteiger partial charge is 0.494 e. The number of nitrogens with zero attached hydrogens (tertiary/aromatic N) is 2. The highest BCUT2D eigenvalue weighted by molar-refractivity contribution is 14.1. The van der Waals surface area contributed by atoms with Crippen molar-refractivity contribution < 1.29 is 9.66 Å². The molecule has 6 heteroatoms. The fourth-order valence-electron chi connectivity index (χ4n) is 0.661. The summed E-state index contributed by atoms with van der Waals surface area (Å²) in [4.78, 5) is 13.6. The average Bonchev–Trinajstić information content (AvgIpc) is 2.05.